The average Bonchev–Trinajstić information content (AvgIpc) is 3.71. The highest BCUT2D eigenvalue weighted by atomic mass is 15.0. The van der Waals surface area contributed by atoms with Gasteiger partial charge in [0.1, 0.15) is 0 Å². The average molecular weight is 641 g/mol. The standard InChI is InChI=1S/C48H36N2/c1-4-12-33(13-5-1)35-20-25-40(26-21-35)50-45-19-11-10-18-41(45)42-31-37(23-28-46(42)50)38-24-29-48-44(32-38)43-30-36(34-14-6-2-7-15-34)22-27-47(43)49(48)39-16-8-3-9-17-39/h1-20,22-25,27-31,38H,21,26,32H2. The van der Waals surface area contributed by atoms with Crippen LogP contribution in [0.25, 0.3) is 66.9 Å². The molecule has 10 rings (SSSR count). The number of fused-ring (bicyclic) bond motifs is 6. The number of nitrogens with zero attached hydrogens (tertiary/aromatic N) is 2. The van der Waals surface area contributed by atoms with Gasteiger partial charge in [-0.15, -0.1) is 0 Å². The van der Waals surface area contributed by atoms with Crippen LogP contribution < -0.4 is 0 Å². The van der Waals surface area contributed by atoms with Gasteiger partial charge in [0.15, 0.2) is 0 Å². The van der Waals surface area contributed by atoms with Gasteiger partial charge in [0.05, 0.1) is 16.6 Å². The number of hydrogen-bond donors (Lipinski definition) is 0. The number of para-hydroxylation sites is 2. The monoisotopic (exact) mass is 640 g/mol. The lowest BCUT2D eigenvalue weighted by molar-refractivity contribution is 0.826. The normalized spacial score (nSPS) is 15.7. The van der Waals surface area contributed by atoms with Crippen LogP contribution in [-0.2, 0) is 6.42 Å². The van der Waals surface area contributed by atoms with Gasteiger partial charge in [-0.3, -0.25) is 0 Å². The molecule has 2 aliphatic rings. The Morgan fingerprint density at radius 1 is 0.480 bits per heavy atom. The molecular weight excluding hydrogens is 605 g/mol. The Morgan fingerprint density at radius 3 is 1.94 bits per heavy atom. The molecule has 1 unspecified atom stereocenters. The summed E-state index contributed by atoms with van der Waals surface area (Å²) in [7, 11) is 0. The third-order valence-electron chi connectivity index (χ3n) is 10.8. The molecule has 2 heterocycles. The fourth-order valence-corrected chi connectivity index (χ4v) is 8.39. The van der Waals surface area contributed by atoms with Crippen molar-refractivity contribution in [2.45, 2.75) is 25.2 Å². The van der Waals surface area contributed by atoms with Gasteiger partial charge in [0, 0.05) is 39.2 Å². The lowest BCUT2D eigenvalue weighted by Crippen LogP contribution is -2.07. The van der Waals surface area contributed by atoms with Crippen molar-refractivity contribution in [1.29, 1.82) is 0 Å². The molecule has 0 N–H and O–H groups in total. The molecule has 8 aromatic rings. The minimum atomic E-state index is 0.287. The fourth-order valence-electron chi connectivity index (χ4n) is 8.39. The van der Waals surface area contributed by atoms with Gasteiger partial charge in [0.2, 0.25) is 0 Å². The number of aromatic nitrogens is 2. The lowest BCUT2D eigenvalue weighted by Gasteiger charge is -2.20. The summed E-state index contributed by atoms with van der Waals surface area (Å²) in [5.74, 6) is 0.287. The number of benzene rings is 6. The van der Waals surface area contributed by atoms with Crippen LogP contribution in [0.4, 0.5) is 0 Å². The Labute approximate surface area is 292 Å². The van der Waals surface area contributed by atoms with E-state index in [9.17, 15) is 0 Å². The van der Waals surface area contributed by atoms with E-state index in [2.05, 4.69) is 185 Å². The van der Waals surface area contributed by atoms with Crippen molar-refractivity contribution < 1.29 is 0 Å². The summed E-state index contributed by atoms with van der Waals surface area (Å²) >= 11 is 0. The zero-order chi connectivity index (χ0) is 33.0. The molecule has 0 radical (unpaired) electrons. The third kappa shape index (κ3) is 4.71. The van der Waals surface area contributed by atoms with Gasteiger partial charge in [-0.2, -0.15) is 0 Å². The number of allylic oxidation sites excluding steroid dienone is 5. The minimum Gasteiger partial charge on any atom is -0.313 e. The molecule has 0 bridgehead atoms. The maximum absolute atomic E-state index is 2.50. The van der Waals surface area contributed by atoms with E-state index >= 15 is 0 Å². The highest BCUT2D eigenvalue weighted by Crippen LogP contribution is 2.42. The van der Waals surface area contributed by atoms with E-state index in [1.807, 2.05) is 0 Å². The van der Waals surface area contributed by atoms with E-state index < -0.39 is 0 Å². The second-order valence-corrected chi connectivity index (χ2v) is 13.6. The van der Waals surface area contributed by atoms with E-state index in [4.69, 9.17) is 0 Å². The molecule has 0 saturated carbocycles. The van der Waals surface area contributed by atoms with Crippen molar-refractivity contribution in [3.05, 3.63) is 192 Å². The molecule has 2 aliphatic carbocycles. The molecule has 50 heavy (non-hydrogen) atoms. The molecule has 1 atom stereocenters. The smallest absolute Gasteiger partial charge is 0.0538 e. The molecule has 6 aromatic carbocycles. The van der Waals surface area contributed by atoms with Crippen LogP contribution in [0.1, 0.15) is 41.1 Å². The van der Waals surface area contributed by atoms with Gasteiger partial charge >= 0.3 is 0 Å². The van der Waals surface area contributed by atoms with Crippen molar-refractivity contribution >= 4 is 50.1 Å². The molecule has 2 aromatic heterocycles. The van der Waals surface area contributed by atoms with Crippen LogP contribution in [0.15, 0.2) is 170 Å². The molecule has 0 spiro atoms. The molecule has 2 heteroatoms. The minimum absolute atomic E-state index is 0.287. The first-order chi connectivity index (χ1) is 24.8. The summed E-state index contributed by atoms with van der Waals surface area (Å²) in [6.07, 6.45) is 12.5. The summed E-state index contributed by atoms with van der Waals surface area (Å²) in [4.78, 5) is 0. The van der Waals surface area contributed by atoms with E-state index in [1.165, 1.54) is 83.2 Å². The van der Waals surface area contributed by atoms with Gasteiger partial charge < -0.3 is 9.13 Å². The first kappa shape index (κ1) is 28.9. The molecule has 2 nitrogen and oxygen atoms in total. The van der Waals surface area contributed by atoms with Gasteiger partial charge in [-0.25, -0.2) is 0 Å². The van der Waals surface area contributed by atoms with E-state index in [0.29, 0.717) is 0 Å². The van der Waals surface area contributed by atoms with Crippen LogP contribution in [0.3, 0.4) is 0 Å². The maximum atomic E-state index is 2.50. The zero-order valence-corrected chi connectivity index (χ0v) is 27.8. The van der Waals surface area contributed by atoms with Crippen molar-refractivity contribution in [3.8, 4) is 16.8 Å². The van der Waals surface area contributed by atoms with E-state index in [-0.39, 0.29) is 5.92 Å². The third-order valence-corrected chi connectivity index (χ3v) is 10.8. The topological polar surface area (TPSA) is 9.86 Å². The number of hydrogen-bond acceptors (Lipinski definition) is 0. The Bertz CT molecular complexity index is 2650. The van der Waals surface area contributed by atoms with Gasteiger partial charge in [-0.1, -0.05) is 121 Å². The lowest BCUT2D eigenvalue weighted by atomic mass is 9.86. The first-order valence-electron chi connectivity index (χ1n) is 17.8. The van der Waals surface area contributed by atoms with Gasteiger partial charge in [-0.05, 0) is 107 Å². The quantitative estimate of drug-likeness (QED) is 0.177. The Morgan fingerprint density at radius 2 is 1.16 bits per heavy atom. The van der Waals surface area contributed by atoms with Crippen molar-refractivity contribution in [2.75, 3.05) is 0 Å². The predicted molar refractivity (Wildman–Crippen MR) is 212 cm³/mol. The van der Waals surface area contributed by atoms with Crippen LogP contribution in [0.2, 0.25) is 0 Å². The summed E-state index contributed by atoms with van der Waals surface area (Å²) in [5.41, 5.74) is 15.7. The first-order valence-corrected chi connectivity index (χ1v) is 17.8. The second-order valence-electron chi connectivity index (χ2n) is 13.6. The molecule has 0 amide bonds. The Hall–Kier alpha value is -6.12. The SMILES string of the molecule is C1=CC(c2ccc3c(c2)c2ccccc2n3C2=CC=C(c3ccccc3)CC2)Cc2c1n(-c1ccccc1)c1ccc(-c3ccccc3)cc21. The van der Waals surface area contributed by atoms with Crippen molar-refractivity contribution in [2.24, 2.45) is 0 Å². The molecule has 238 valence electrons. The fraction of sp³-hybridized carbons (Fsp3) is 0.0833. The maximum Gasteiger partial charge on any atom is 0.0538 e. The van der Waals surface area contributed by atoms with Gasteiger partial charge in [0.25, 0.3) is 0 Å². The highest BCUT2D eigenvalue weighted by Gasteiger charge is 2.25. The summed E-state index contributed by atoms with van der Waals surface area (Å²) < 4.78 is 4.94. The summed E-state index contributed by atoms with van der Waals surface area (Å²) in [6, 6.07) is 55.5. The highest BCUT2D eigenvalue weighted by molar-refractivity contribution is 6.10. The van der Waals surface area contributed by atoms with E-state index in [0.717, 1.165) is 19.3 Å². The van der Waals surface area contributed by atoms with Crippen LogP contribution >= 0.6 is 0 Å². The Kier molecular flexibility index (Phi) is 6.80. The predicted octanol–water partition coefficient (Wildman–Crippen LogP) is 12.5. The largest absolute Gasteiger partial charge is 0.313 e. The molecular formula is C48H36N2. The second kappa shape index (κ2) is 11.8. The van der Waals surface area contributed by atoms with Crippen LogP contribution in [0, 0.1) is 0 Å². The number of rotatable bonds is 5. The summed E-state index contributed by atoms with van der Waals surface area (Å²) in [5, 5.41) is 3.98. The van der Waals surface area contributed by atoms with Crippen molar-refractivity contribution in [3.63, 3.8) is 0 Å². The zero-order valence-electron chi connectivity index (χ0n) is 27.8. The van der Waals surface area contributed by atoms with E-state index in [1.54, 1.807) is 0 Å². The summed E-state index contributed by atoms with van der Waals surface area (Å²) in [6.45, 7) is 0. The van der Waals surface area contributed by atoms with Crippen LogP contribution in [-0.4, -0.2) is 9.13 Å². The van der Waals surface area contributed by atoms with Crippen molar-refractivity contribution in [1.82, 2.24) is 9.13 Å². The Balaban J connectivity index is 1.07. The van der Waals surface area contributed by atoms with Crippen LogP contribution in [0.5, 0.6) is 0 Å². The molecule has 0 fully saturated rings. The molecule has 0 saturated heterocycles. The molecule has 0 aliphatic heterocycles.